The summed E-state index contributed by atoms with van der Waals surface area (Å²) >= 11 is 0. The quantitative estimate of drug-likeness (QED) is 0.814. The fourth-order valence-corrected chi connectivity index (χ4v) is 3.48. The van der Waals surface area contributed by atoms with Crippen LogP contribution < -0.4 is 5.32 Å². The van der Waals surface area contributed by atoms with Crippen LogP contribution in [-0.2, 0) is 4.79 Å². The van der Waals surface area contributed by atoms with E-state index < -0.39 is 11.5 Å². The Kier molecular flexibility index (Phi) is 4.25. The van der Waals surface area contributed by atoms with E-state index in [0.29, 0.717) is 0 Å². The lowest BCUT2D eigenvalue weighted by molar-refractivity contribution is -0.139. The molecule has 5 nitrogen and oxygen atoms in total. The van der Waals surface area contributed by atoms with E-state index in [9.17, 15) is 9.59 Å². The molecule has 2 N–H and O–H groups in total. The largest absolute Gasteiger partial charge is 0.481 e. The molecular formula is C15H26N2O3. The molecule has 2 rings (SSSR count). The van der Waals surface area contributed by atoms with Crippen LogP contribution in [0.3, 0.4) is 0 Å². The molecule has 0 unspecified atom stereocenters. The predicted octanol–water partition coefficient (Wildman–Crippen LogP) is 2.61. The molecule has 1 saturated carbocycles. The molecule has 0 aromatic heterocycles. The highest BCUT2D eigenvalue weighted by molar-refractivity contribution is 5.77. The minimum atomic E-state index is -0.831. The van der Waals surface area contributed by atoms with Gasteiger partial charge in [-0.15, -0.1) is 0 Å². The highest BCUT2D eigenvalue weighted by atomic mass is 16.4. The van der Waals surface area contributed by atoms with Crippen molar-refractivity contribution in [1.29, 1.82) is 0 Å². The fraction of sp³-hybridized carbons (Fsp3) is 0.867. The van der Waals surface area contributed by atoms with Crippen LogP contribution in [0.25, 0.3) is 0 Å². The Morgan fingerprint density at radius 2 is 1.85 bits per heavy atom. The summed E-state index contributed by atoms with van der Waals surface area (Å²) in [6.45, 7) is 5.96. The number of rotatable bonds is 5. The number of hydrogen-bond donors (Lipinski definition) is 2. The Bertz CT molecular complexity index is 387. The number of nitrogens with zero attached hydrogens (tertiary/aromatic N) is 1. The number of nitrogens with one attached hydrogen (secondary N) is 1. The highest BCUT2D eigenvalue weighted by Crippen LogP contribution is 2.38. The van der Waals surface area contributed by atoms with Crippen LogP contribution in [0.15, 0.2) is 0 Å². The number of likely N-dealkylation sites (tertiary alicyclic amines) is 1. The summed E-state index contributed by atoms with van der Waals surface area (Å²) in [6, 6.07) is -0.0743. The Hall–Kier alpha value is -1.26. The van der Waals surface area contributed by atoms with Gasteiger partial charge in [0, 0.05) is 13.1 Å². The van der Waals surface area contributed by atoms with Gasteiger partial charge in [0.05, 0.1) is 12.0 Å². The van der Waals surface area contributed by atoms with E-state index in [4.69, 9.17) is 5.11 Å². The number of carboxylic acids is 1. The lowest BCUT2D eigenvalue weighted by Gasteiger charge is -2.42. The van der Waals surface area contributed by atoms with Crippen LogP contribution in [0.4, 0.5) is 4.79 Å². The first-order chi connectivity index (χ1) is 9.44. The molecule has 0 aromatic carbocycles. The van der Waals surface area contributed by atoms with Gasteiger partial charge in [-0.25, -0.2) is 4.79 Å². The van der Waals surface area contributed by atoms with E-state index in [1.807, 2.05) is 4.90 Å². The Balaban J connectivity index is 1.94. The monoisotopic (exact) mass is 282 g/mol. The molecule has 0 atom stereocenters. The van der Waals surface area contributed by atoms with Crippen molar-refractivity contribution < 1.29 is 14.7 Å². The highest BCUT2D eigenvalue weighted by Gasteiger charge is 2.43. The van der Waals surface area contributed by atoms with E-state index in [2.05, 4.69) is 19.2 Å². The average molecular weight is 282 g/mol. The van der Waals surface area contributed by atoms with Crippen LogP contribution in [-0.4, -0.2) is 40.6 Å². The van der Waals surface area contributed by atoms with Gasteiger partial charge in [0.15, 0.2) is 0 Å². The van der Waals surface area contributed by atoms with Crippen molar-refractivity contribution in [2.45, 2.75) is 64.3 Å². The van der Waals surface area contributed by atoms with Crippen LogP contribution in [0, 0.1) is 5.41 Å². The normalized spacial score (nSPS) is 23.2. The number of aliphatic carboxylic acids is 1. The van der Waals surface area contributed by atoms with Gasteiger partial charge in [-0.05, 0) is 43.9 Å². The Morgan fingerprint density at radius 3 is 2.25 bits per heavy atom. The van der Waals surface area contributed by atoms with Gasteiger partial charge in [0.2, 0.25) is 0 Å². The average Bonchev–Trinajstić information content (AvgIpc) is 2.80. The molecule has 1 aliphatic carbocycles. The number of carbonyl (C=O) groups excluding carboxylic acids is 1. The summed E-state index contributed by atoms with van der Waals surface area (Å²) in [4.78, 5) is 25.2. The summed E-state index contributed by atoms with van der Waals surface area (Å²) < 4.78 is 0. The minimum absolute atomic E-state index is 0.0410. The second-order valence-corrected chi connectivity index (χ2v) is 6.51. The van der Waals surface area contributed by atoms with E-state index >= 15 is 0 Å². The molecule has 2 aliphatic rings. The number of hydrogen-bond acceptors (Lipinski definition) is 2. The van der Waals surface area contributed by atoms with Crippen LogP contribution in [0.1, 0.15) is 58.8 Å². The molecule has 1 aliphatic heterocycles. The van der Waals surface area contributed by atoms with Crippen molar-refractivity contribution in [3.05, 3.63) is 0 Å². The summed E-state index contributed by atoms with van der Waals surface area (Å²) in [7, 11) is 0. The molecule has 0 bridgehead atoms. The number of urea groups is 1. The molecule has 2 fully saturated rings. The Morgan fingerprint density at radius 1 is 1.20 bits per heavy atom. The second kappa shape index (κ2) is 5.62. The molecule has 0 spiro atoms. The lowest BCUT2D eigenvalue weighted by atomic mass is 9.74. The maximum absolute atomic E-state index is 12.4. The molecule has 2 amide bonds. The molecule has 0 radical (unpaired) electrons. The third kappa shape index (κ3) is 2.91. The number of amides is 2. The van der Waals surface area contributed by atoms with Gasteiger partial charge in [-0.2, -0.15) is 0 Å². The van der Waals surface area contributed by atoms with E-state index in [-0.39, 0.29) is 17.9 Å². The van der Waals surface area contributed by atoms with Crippen molar-refractivity contribution in [3.8, 4) is 0 Å². The summed E-state index contributed by atoms with van der Waals surface area (Å²) in [6.07, 6.45) is 5.85. The van der Waals surface area contributed by atoms with Crippen molar-refractivity contribution in [2.24, 2.45) is 5.41 Å². The van der Waals surface area contributed by atoms with Crippen molar-refractivity contribution in [3.63, 3.8) is 0 Å². The van der Waals surface area contributed by atoms with Crippen molar-refractivity contribution >= 4 is 12.0 Å². The van der Waals surface area contributed by atoms with Gasteiger partial charge in [-0.3, -0.25) is 4.79 Å². The smallest absolute Gasteiger partial charge is 0.317 e. The van der Waals surface area contributed by atoms with Crippen molar-refractivity contribution in [2.75, 3.05) is 13.1 Å². The van der Waals surface area contributed by atoms with Gasteiger partial charge in [0.1, 0.15) is 0 Å². The van der Waals surface area contributed by atoms with Gasteiger partial charge < -0.3 is 15.3 Å². The minimum Gasteiger partial charge on any atom is -0.481 e. The molecule has 1 saturated heterocycles. The van der Waals surface area contributed by atoms with E-state index in [0.717, 1.165) is 51.6 Å². The number of carboxylic acid groups (broad SMARTS) is 1. The molecule has 20 heavy (non-hydrogen) atoms. The van der Waals surface area contributed by atoms with Crippen molar-refractivity contribution in [1.82, 2.24) is 10.2 Å². The number of carbonyl (C=O) groups is 2. The fourth-order valence-electron chi connectivity index (χ4n) is 3.48. The molecule has 0 aromatic rings. The predicted molar refractivity (Wildman–Crippen MR) is 76.6 cm³/mol. The van der Waals surface area contributed by atoms with Crippen LogP contribution in [0.5, 0.6) is 0 Å². The summed E-state index contributed by atoms with van der Waals surface area (Å²) in [5.41, 5.74) is -0.233. The van der Waals surface area contributed by atoms with Gasteiger partial charge >= 0.3 is 12.0 Å². The van der Waals surface area contributed by atoms with Crippen LogP contribution >= 0.6 is 0 Å². The first-order valence-electron chi connectivity index (χ1n) is 7.73. The first kappa shape index (κ1) is 15.1. The maximum atomic E-state index is 12.4. The third-order valence-corrected chi connectivity index (χ3v) is 5.40. The summed E-state index contributed by atoms with van der Waals surface area (Å²) in [5.74, 6) is -0.831. The maximum Gasteiger partial charge on any atom is 0.317 e. The SMILES string of the molecule is CCC1(CC)CCN(C(=O)NC2(CC(=O)O)CCC2)C1. The van der Waals surface area contributed by atoms with Gasteiger partial charge in [0.25, 0.3) is 0 Å². The van der Waals surface area contributed by atoms with Gasteiger partial charge in [-0.1, -0.05) is 13.8 Å². The van der Waals surface area contributed by atoms with Crippen LogP contribution in [0.2, 0.25) is 0 Å². The molecule has 114 valence electrons. The summed E-state index contributed by atoms with van der Waals surface area (Å²) in [5, 5.41) is 12.0. The zero-order chi connectivity index (χ0) is 14.8. The second-order valence-electron chi connectivity index (χ2n) is 6.51. The third-order valence-electron chi connectivity index (χ3n) is 5.40. The Labute approximate surface area is 120 Å². The topological polar surface area (TPSA) is 69.6 Å². The molecular weight excluding hydrogens is 256 g/mol. The zero-order valence-corrected chi connectivity index (χ0v) is 12.6. The van der Waals surface area contributed by atoms with E-state index in [1.54, 1.807) is 0 Å². The lowest BCUT2D eigenvalue weighted by Crippen LogP contribution is -2.57. The zero-order valence-electron chi connectivity index (χ0n) is 12.6. The molecule has 1 heterocycles. The standard InChI is InChI=1S/C15H26N2O3/c1-3-14(4-2)8-9-17(11-14)13(20)16-15(6-5-7-15)10-12(18)19/h3-11H2,1-2H3,(H,16,20)(H,18,19). The van der Waals surface area contributed by atoms with E-state index in [1.165, 1.54) is 0 Å². The molecule has 5 heteroatoms. The first-order valence-corrected chi connectivity index (χ1v) is 7.73.